The second kappa shape index (κ2) is 5.12. The van der Waals surface area contributed by atoms with Crippen molar-refractivity contribution in [2.24, 2.45) is 0 Å². The van der Waals surface area contributed by atoms with E-state index in [1.54, 1.807) is 0 Å². The number of hydrogen-bond donors (Lipinski definition) is 0. The molecule has 94 valence electrons. The van der Waals surface area contributed by atoms with Crippen molar-refractivity contribution in [1.29, 1.82) is 0 Å². The second-order valence-electron chi connectivity index (χ2n) is 4.23. The highest BCUT2D eigenvalue weighted by Gasteiger charge is 2.11. The molecule has 18 heavy (non-hydrogen) atoms. The third kappa shape index (κ3) is 2.18. The topological polar surface area (TPSA) is 47.8 Å². The molecule has 4 heteroatoms. The van der Waals surface area contributed by atoms with Crippen LogP contribution >= 0.6 is 0 Å². The average Bonchev–Trinajstić information content (AvgIpc) is 2.82. The molecule has 0 unspecified atom stereocenters. The fraction of sp³-hybridized carbons (Fsp3) is 0.357. The van der Waals surface area contributed by atoms with Crippen molar-refractivity contribution in [1.82, 2.24) is 14.8 Å². The van der Waals surface area contributed by atoms with Crippen LogP contribution in [0.2, 0.25) is 0 Å². The molecule has 0 saturated heterocycles. The van der Waals surface area contributed by atoms with Gasteiger partial charge in [-0.15, -0.1) is 0 Å². The zero-order valence-electron chi connectivity index (χ0n) is 11.0. The monoisotopic (exact) mass is 243 g/mol. The van der Waals surface area contributed by atoms with Gasteiger partial charge in [-0.1, -0.05) is 26.0 Å². The maximum atomic E-state index is 10.9. The van der Waals surface area contributed by atoms with Crippen molar-refractivity contribution in [2.45, 2.75) is 33.6 Å². The van der Waals surface area contributed by atoms with Crippen molar-refractivity contribution in [3.63, 3.8) is 0 Å². The zero-order valence-corrected chi connectivity index (χ0v) is 11.0. The second-order valence-corrected chi connectivity index (χ2v) is 4.23. The molecule has 2 aromatic rings. The number of aldehydes is 1. The highest BCUT2D eigenvalue weighted by atomic mass is 16.1. The summed E-state index contributed by atoms with van der Waals surface area (Å²) in [5, 5.41) is 4.50. The van der Waals surface area contributed by atoms with E-state index >= 15 is 0 Å². The number of carbonyl (C=O) groups excluding carboxylic acids is 1. The predicted octanol–water partition coefficient (Wildman–Crippen LogP) is 2.51. The van der Waals surface area contributed by atoms with Crippen molar-refractivity contribution >= 4 is 6.29 Å². The summed E-state index contributed by atoms with van der Waals surface area (Å²) in [5.41, 5.74) is 2.68. The molecule has 0 atom stereocenters. The van der Waals surface area contributed by atoms with Gasteiger partial charge in [-0.2, -0.15) is 5.10 Å². The molecule has 0 amide bonds. The summed E-state index contributed by atoms with van der Waals surface area (Å²) in [6.07, 6.45) is 2.48. The van der Waals surface area contributed by atoms with E-state index in [0.717, 1.165) is 42.0 Å². The quantitative estimate of drug-likeness (QED) is 0.775. The Kier molecular flexibility index (Phi) is 3.55. The van der Waals surface area contributed by atoms with Gasteiger partial charge in [-0.3, -0.25) is 4.79 Å². The van der Waals surface area contributed by atoms with E-state index < -0.39 is 0 Å². The van der Waals surface area contributed by atoms with Crippen LogP contribution in [0, 0.1) is 6.92 Å². The summed E-state index contributed by atoms with van der Waals surface area (Å²) in [6.45, 7) is 6.10. The molecule has 0 aliphatic rings. The molecule has 1 heterocycles. The van der Waals surface area contributed by atoms with Crippen molar-refractivity contribution in [3.8, 4) is 5.69 Å². The standard InChI is InChI=1S/C14H17N3O/c1-4-13-15-14(5-2)17(16-13)12-8-11(9-18)7-6-10(12)3/h6-9H,4-5H2,1-3H3. The van der Waals surface area contributed by atoms with E-state index in [0.29, 0.717) is 5.56 Å². The molecule has 1 aromatic carbocycles. The van der Waals surface area contributed by atoms with Gasteiger partial charge in [-0.05, 0) is 18.6 Å². The van der Waals surface area contributed by atoms with Gasteiger partial charge in [0.25, 0.3) is 0 Å². The molecular weight excluding hydrogens is 226 g/mol. The van der Waals surface area contributed by atoms with E-state index in [9.17, 15) is 4.79 Å². The molecule has 1 aromatic heterocycles. The van der Waals surface area contributed by atoms with E-state index in [-0.39, 0.29) is 0 Å². The summed E-state index contributed by atoms with van der Waals surface area (Å²) in [5.74, 6) is 1.76. The van der Waals surface area contributed by atoms with Gasteiger partial charge in [0.05, 0.1) is 5.69 Å². The largest absolute Gasteiger partial charge is 0.298 e. The number of aryl methyl sites for hydroxylation is 3. The van der Waals surface area contributed by atoms with Gasteiger partial charge >= 0.3 is 0 Å². The van der Waals surface area contributed by atoms with Crippen LogP contribution in [0.15, 0.2) is 18.2 Å². The Morgan fingerprint density at radius 3 is 2.67 bits per heavy atom. The van der Waals surface area contributed by atoms with Crippen LogP contribution < -0.4 is 0 Å². The Morgan fingerprint density at radius 2 is 2.06 bits per heavy atom. The van der Waals surface area contributed by atoms with Crippen LogP contribution in [-0.4, -0.2) is 21.1 Å². The minimum Gasteiger partial charge on any atom is -0.298 e. The maximum absolute atomic E-state index is 10.9. The Labute approximate surface area is 107 Å². The Bertz CT molecular complexity index is 572. The SMILES string of the molecule is CCc1nc(CC)n(-c2cc(C=O)ccc2C)n1. The molecule has 0 aliphatic carbocycles. The Hall–Kier alpha value is -1.97. The van der Waals surface area contributed by atoms with E-state index in [1.165, 1.54) is 0 Å². The molecular formula is C14H17N3O. The average molecular weight is 243 g/mol. The summed E-state index contributed by atoms with van der Waals surface area (Å²) >= 11 is 0. The van der Waals surface area contributed by atoms with Gasteiger partial charge in [0.1, 0.15) is 12.1 Å². The van der Waals surface area contributed by atoms with Crippen LogP contribution in [0.3, 0.4) is 0 Å². The molecule has 0 aliphatic heterocycles. The van der Waals surface area contributed by atoms with Crippen molar-refractivity contribution < 1.29 is 4.79 Å². The molecule has 0 N–H and O–H groups in total. The smallest absolute Gasteiger partial charge is 0.151 e. The zero-order chi connectivity index (χ0) is 13.1. The lowest BCUT2D eigenvalue weighted by Gasteiger charge is -2.08. The maximum Gasteiger partial charge on any atom is 0.151 e. The normalized spacial score (nSPS) is 10.6. The first-order valence-electron chi connectivity index (χ1n) is 6.20. The number of benzene rings is 1. The molecule has 0 fully saturated rings. The number of nitrogens with zero attached hydrogens (tertiary/aromatic N) is 3. The fourth-order valence-corrected chi connectivity index (χ4v) is 1.89. The molecule has 0 saturated carbocycles. The number of carbonyl (C=O) groups is 1. The van der Waals surface area contributed by atoms with Crippen LogP contribution in [0.25, 0.3) is 5.69 Å². The third-order valence-corrected chi connectivity index (χ3v) is 2.95. The summed E-state index contributed by atoms with van der Waals surface area (Å²) in [7, 11) is 0. The van der Waals surface area contributed by atoms with Gasteiger partial charge in [0, 0.05) is 18.4 Å². The minimum absolute atomic E-state index is 0.659. The molecule has 4 nitrogen and oxygen atoms in total. The molecule has 2 rings (SSSR count). The Balaban J connectivity index is 2.59. The van der Waals surface area contributed by atoms with E-state index in [4.69, 9.17) is 0 Å². The fourth-order valence-electron chi connectivity index (χ4n) is 1.89. The number of aromatic nitrogens is 3. The third-order valence-electron chi connectivity index (χ3n) is 2.95. The van der Waals surface area contributed by atoms with Gasteiger partial charge in [-0.25, -0.2) is 9.67 Å². The summed E-state index contributed by atoms with van der Waals surface area (Å²) < 4.78 is 1.85. The molecule has 0 radical (unpaired) electrons. The Morgan fingerprint density at radius 1 is 1.28 bits per heavy atom. The number of hydrogen-bond acceptors (Lipinski definition) is 3. The van der Waals surface area contributed by atoms with E-state index in [2.05, 4.69) is 17.0 Å². The highest BCUT2D eigenvalue weighted by molar-refractivity contribution is 5.76. The van der Waals surface area contributed by atoms with Crippen molar-refractivity contribution in [2.75, 3.05) is 0 Å². The van der Waals surface area contributed by atoms with Crippen LogP contribution in [-0.2, 0) is 12.8 Å². The first kappa shape index (κ1) is 12.5. The highest BCUT2D eigenvalue weighted by Crippen LogP contribution is 2.17. The van der Waals surface area contributed by atoms with Crippen molar-refractivity contribution in [3.05, 3.63) is 41.0 Å². The lowest BCUT2D eigenvalue weighted by Crippen LogP contribution is -2.05. The summed E-state index contributed by atoms with van der Waals surface area (Å²) in [4.78, 5) is 15.4. The predicted molar refractivity (Wildman–Crippen MR) is 70.2 cm³/mol. The molecule has 0 bridgehead atoms. The minimum atomic E-state index is 0.659. The lowest BCUT2D eigenvalue weighted by molar-refractivity contribution is 0.112. The van der Waals surface area contributed by atoms with Crippen LogP contribution in [0.4, 0.5) is 0 Å². The summed E-state index contributed by atoms with van der Waals surface area (Å²) in [6, 6.07) is 5.61. The van der Waals surface area contributed by atoms with Crippen LogP contribution in [0.5, 0.6) is 0 Å². The van der Waals surface area contributed by atoms with Crippen LogP contribution in [0.1, 0.15) is 41.4 Å². The lowest BCUT2D eigenvalue weighted by atomic mass is 10.1. The van der Waals surface area contributed by atoms with Gasteiger partial charge in [0.15, 0.2) is 5.82 Å². The van der Waals surface area contributed by atoms with Gasteiger partial charge < -0.3 is 0 Å². The number of rotatable bonds is 4. The molecule has 0 spiro atoms. The van der Waals surface area contributed by atoms with Gasteiger partial charge in [0.2, 0.25) is 0 Å². The van der Waals surface area contributed by atoms with E-state index in [1.807, 2.05) is 36.7 Å². The first-order valence-corrected chi connectivity index (χ1v) is 6.20. The first-order chi connectivity index (χ1) is 8.69.